The number of aromatic nitrogens is 2. The molecule has 10 rings (SSSR count). The van der Waals surface area contributed by atoms with Gasteiger partial charge in [-0.25, -0.2) is 0 Å². The van der Waals surface area contributed by atoms with Crippen LogP contribution in [0.5, 0.6) is 0 Å². The number of hydrogen-bond acceptors (Lipinski definition) is 3. The molecule has 0 saturated heterocycles. The van der Waals surface area contributed by atoms with E-state index >= 15 is 0 Å². The Bertz CT molecular complexity index is 3030. The molecule has 5 nitrogen and oxygen atoms in total. The number of fused-ring (bicyclic) bond motifs is 9. The highest BCUT2D eigenvalue weighted by atomic mass is 16.3. The number of hydrogen-bond donors (Lipinski definition) is 0. The molecule has 0 aliphatic rings. The van der Waals surface area contributed by atoms with E-state index in [1.54, 1.807) is 0 Å². The molecule has 0 atom stereocenters. The maximum atomic E-state index is 10.7. The second kappa shape index (κ2) is 10.2. The number of para-hydroxylation sites is 5. The molecule has 0 amide bonds. The van der Waals surface area contributed by atoms with E-state index in [1.807, 2.05) is 66.7 Å². The largest absolute Gasteiger partial charge is 0.456 e. The Morgan fingerprint density at radius 3 is 1.76 bits per heavy atom. The van der Waals surface area contributed by atoms with E-state index in [4.69, 9.17) is 4.42 Å². The Hall–Kier alpha value is -7.08. The lowest BCUT2D eigenvalue weighted by Gasteiger charge is -2.19. The van der Waals surface area contributed by atoms with Crippen molar-refractivity contribution in [3.8, 4) is 34.6 Å². The molecule has 0 radical (unpaired) electrons. The van der Waals surface area contributed by atoms with Crippen molar-refractivity contribution in [2.75, 3.05) is 0 Å². The number of rotatable bonds is 3. The van der Waals surface area contributed by atoms with Crippen LogP contribution >= 0.6 is 0 Å². The van der Waals surface area contributed by atoms with Crippen LogP contribution in [-0.2, 0) is 0 Å². The Morgan fingerprint density at radius 2 is 1.06 bits per heavy atom. The van der Waals surface area contributed by atoms with Gasteiger partial charge in [-0.15, -0.1) is 0 Å². The van der Waals surface area contributed by atoms with Crippen molar-refractivity contribution in [1.82, 2.24) is 9.13 Å². The number of nitrogens with zero attached hydrogens (tertiary/aromatic N) is 4. The van der Waals surface area contributed by atoms with Gasteiger partial charge in [-0.1, -0.05) is 91.0 Å². The van der Waals surface area contributed by atoms with Gasteiger partial charge in [0, 0.05) is 49.5 Å². The fourth-order valence-corrected chi connectivity index (χ4v) is 7.72. The van der Waals surface area contributed by atoms with Crippen molar-refractivity contribution in [1.29, 1.82) is 10.5 Å². The second-order valence-electron chi connectivity index (χ2n) is 12.3. The van der Waals surface area contributed by atoms with E-state index in [9.17, 15) is 10.5 Å². The van der Waals surface area contributed by atoms with Gasteiger partial charge in [-0.2, -0.15) is 10.5 Å². The van der Waals surface area contributed by atoms with Crippen LogP contribution in [0.15, 0.2) is 150 Å². The van der Waals surface area contributed by atoms with Crippen LogP contribution < -0.4 is 0 Å². The van der Waals surface area contributed by atoms with Gasteiger partial charge in [0.25, 0.3) is 0 Å². The molecular weight excluding hydrogens is 601 g/mol. The molecule has 10 aromatic rings. The van der Waals surface area contributed by atoms with Crippen molar-refractivity contribution in [3.63, 3.8) is 0 Å². The van der Waals surface area contributed by atoms with Gasteiger partial charge in [-0.3, -0.25) is 0 Å². The smallest absolute Gasteiger partial charge is 0.137 e. The summed E-state index contributed by atoms with van der Waals surface area (Å²) in [5, 5.41) is 27.3. The van der Waals surface area contributed by atoms with Crippen LogP contribution in [-0.4, -0.2) is 9.13 Å². The lowest BCUT2D eigenvalue weighted by molar-refractivity contribution is 0.669. The molecule has 7 aromatic carbocycles. The molecular formula is C44H24N4O. The monoisotopic (exact) mass is 624 g/mol. The van der Waals surface area contributed by atoms with Gasteiger partial charge in [0.1, 0.15) is 17.2 Å². The highest BCUT2D eigenvalue weighted by Crippen LogP contribution is 2.43. The molecule has 49 heavy (non-hydrogen) atoms. The first-order chi connectivity index (χ1) is 24.2. The summed E-state index contributed by atoms with van der Waals surface area (Å²) in [6.45, 7) is 0. The first-order valence-electron chi connectivity index (χ1n) is 16.1. The zero-order valence-electron chi connectivity index (χ0n) is 26.1. The van der Waals surface area contributed by atoms with E-state index in [2.05, 4.69) is 100 Å². The van der Waals surface area contributed by atoms with Crippen LogP contribution in [0.1, 0.15) is 11.1 Å². The Balaban J connectivity index is 1.35. The lowest BCUT2D eigenvalue weighted by Crippen LogP contribution is -2.04. The molecule has 5 heteroatoms. The SMILES string of the molecule is N#Cc1ccc(-c2cccc(C#N)c2-n2c3ccccc3c3cc4c(cc32)oc2ccccc24)c(-n2c3ccccc3c3ccccc32)c1. The van der Waals surface area contributed by atoms with Gasteiger partial charge in [0.2, 0.25) is 0 Å². The highest BCUT2D eigenvalue weighted by Gasteiger charge is 2.23. The molecule has 3 heterocycles. The standard InChI is InChI=1S/C44H24N4O/c45-25-27-20-21-32(40(22-27)47-37-16-5-1-11-29(37)30-12-2-6-17-38(30)47)34-15-9-10-28(26-46)44(34)48-39-18-7-3-13-31(39)35-23-36-33-14-4-8-19-42(33)49-43(36)24-41(35)48/h1-24H. The summed E-state index contributed by atoms with van der Waals surface area (Å²) in [6.07, 6.45) is 0. The summed E-state index contributed by atoms with van der Waals surface area (Å²) in [5.41, 5.74) is 10.2. The summed E-state index contributed by atoms with van der Waals surface area (Å²) < 4.78 is 10.8. The van der Waals surface area contributed by atoms with E-state index in [0.29, 0.717) is 11.1 Å². The molecule has 0 aliphatic carbocycles. The van der Waals surface area contributed by atoms with Crippen LogP contribution in [0.3, 0.4) is 0 Å². The molecule has 0 saturated carbocycles. The minimum Gasteiger partial charge on any atom is -0.456 e. The molecule has 3 aromatic heterocycles. The molecule has 0 N–H and O–H groups in total. The summed E-state index contributed by atoms with van der Waals surface area (Å²) in [5.74, 6) is 0. The first-order valence-corrected chi connectivity index (χ1v) is 16.1. The summed E-state index contributed by atoms with van der Waals surface area (Å²) in [7, 11) is 0. The topological polar surface area (TPSA) is 70.6 Å². The van der Waals surface area contributed by atoms with Crippen molar-refractivity contribution < 1.29 is 4.42 Å². The molecule has 0 bridgehead atoms. The van der Waals surface area contributed by atoms with Gasteiger partial charge in [0.15, 0.2) is 0 Å². The molecule has 226 valence electrons. The third-order valence-electron chi connectivity index (χ3n) is 9.79. The lowest BCUT2D eigenvalue weighted by atomic mass is 9.96. The molecule has 0 unspecified atom stereocenters. The highest BCUT2D eigenvalue weighted by molar-refractivity contribution is 6.18. The fraction of sp³-hybridized carbons (Fsp3) is 0. The third kappa shape index (κ3) is 3.79. The van der Waals surface area contributed by atoms with Gasteiger partial charge >= 0.3 is 0 Å². The zero-order valence-corrected chi connectivity index (χ0v) is 26.1. The molecule has 0 spiro atoms. The van der Waals surface area contributed by atoms with Gasteiger partial charge < -0.3 is 13.6 Å². The van der Waals surface area contributed by atoms with Crippen LogP contribution in [0.4, 0.5) is 0 Å². The normalized spacial score (nSPS) is 11.6. The predicted octanol–water partition coefficient (Wildman–Crippen LogP) is 11.2. The average molecular weight is 625 g/mol. The average Bonchev–Trinajstić information content (AvgIpc) is 3.80. The number of benzene rings is 7. The quantitative estimate of drug-likeness (QED) is 0.196. The Labute approximate surface area is 280 Å². The van der Waals surface area contributed by atoms with Crippen molar-refractivity contribution in [2.45, 2.75) is 0 Å². The van der Waals surface area contributed by atoms with Crippen molar-refractivity contribution in [3.05, 3.63) is 157 Å². The second-order valence-corrected chi connectivity index (χ2v) is 12.3. The Kier molecular flexibility index (Phi) is 5.64. The van der Waals surface area contributed by atoms with Crippen molar-refractivity contribution >= 4 is 65.6 Å². The van der Waals surface area contributed by atoms with E-state index < -0.39 is 0 Å². The minimum absolute atomic E-state index is 0.544. The summed E-state index contributed by atoms with van der Waals surface area (Å²) >= 11 is 0. The van der Waals surface area contributed by atoms with Gasteiger partial charge in [-0.05, 0) is 48.5 Å². The van der Waals surface area contributed by atoms with E-state index in [1.165, 1.54) is 0 Å². The van der Waals surface area contributed by atoms with Gasteiger partial charge in [0.05, 0.1) is 50.6 Å². The van der Waals surface area contributed by atoms with E-state index in [0.717, 1.165) is 88.1 Å². The summed E-state index contributed by atoms with van der Waals surface area (Å²) in [6, 6.07) is 54.1. The van der Waals surface area contributed by atoms with E-state index in [-0.39, 0.29) is 0 Å². The molecule has 0 fully saturated rings. The summed E-state index contributed by atoms with van der Waals surface area (Å²) in [4.78, 5) is 0. The maximum Gasteiger partial charge on any atom is 0.137 e. The first kappa shape index (κ1) is 27.1. The third-order valence-corrected chi connectivity index (χ3v) is 9.79. The zero-order chi connectivity index (χ0) is 32.6. The predicted molar refractivity (Wildman–Crippen MR) is 197 cm³/mol. The number of furan rings is 1. The Morgan fingerprint density at radius 1 is 0.429 bits per heavy atom. The van der Waals surface area contributed by atoms with Crippen LogP contribution in [0.25, 0.3) is 88.1 Å². The maximum absolute atomic E-state index is 10.7. The fourth-order valence-electron chi connectivity index (χ4n) is 7.72. The van der Waals surface area contributed by atoms with Crippen molar-refractivity contribution in [2.24, 2.45) is 0 Å². The van der Waals surface area contributed by atoms with Crippen LogP contribution in [0.2, 0.25) is 0 Å². The molecule has 0 aliphatic heterocycles. The number of nitriles is 2. The minimum atomic E-state index is 0.544. The van der Waals surface area contributed by atoms with Crippen LogP contribution in [0, 0.1) is 22.7 Å².